The molecule has 1 N–H and O–H groups in total. The zero-order valence-corrected chi connectivity index (χ0v) is 16.0. The smallest absolute Gasteiger partial charge is 0.260 e. The molecule has 0 spiro atoms. The minimum Gasteiger partial charge on any atom is -0.348 e. The summed E-state index contributed by atoms with van der Waals surface area (Å²) in [7, 11) is -3.60. The maximum absolute atomic E-state index is 13.1. The topological polar surface area (TPSA) is 79.0 Å². The number of aromatic nitrogens is 3. The van der Waals surface area contributed by atoms with Gasteiger partial charge in [0.25, 0.3) is 10.0 Å². The summed E-state index contributed by atoms with van der Waals surface area (Å²) in [5, 5.41) is 0.109. The third kappa shape index (κ3) is 3.52. The van der Waals surface area contributed by atoms with Crippen molar-refractivity contribution in [3.8, 4) is 11.3 Å². The van der Waals surface area contributed by atoms with Crippen LogP contribution >= 0.6 is 0 Å². The van der Waals surface area contributed by atoms with Crippen molar-refractivity contribution in [2.45, 2.75) is 30.7 Å². The van der Waals surface area contributed by atoms with Crippen LogP contribution in [0.3, 0.4) is 0 Å². The molecule has 0 saturated carbocycles. The van der Waals surface area contributed by atoms with E-state index in [1.54, 1.807) is 22.8 Å². The Hall–Kier alpha value is -2.51. The fourth-order valence-corrected chi connectivity index (χ4v) is 5.03. The molecule has 1 fully saturated rings. The molecule has 27 heavy (non-hydrogen) atoms. The summed E-state index contributed by atoms with van der Waals surface area (Å²) < 4.78 is 27.7. The number of benzene rings is 1. The van der Waals surface area contributed by atoms with Crippen LogP contribution in [-0.4, -0.2) is 40.8 Å². The van der Waals surface area contributed by atoms with E-state index in [9.17, 15) is 8.42 Å². The number of rotatable bonds is 4. The minimum absolute atomic E-state index is 0.109. The average Bonchev–Trinajstić information content (AvgIpc) is 3.15. The molecule has 0 bridgehead atoms. The van der Waals surface area contributed by atoms with Crippen molar-refractivity contribution in [2.75, 3.05) is 13.1 Å². The van der Waals surface area contributed by atoms with Gasteiger partial charge in [-0.05, 0) is 31.9 Å². The quantitative estimate of drug-likeness (QED) is 0.750. The van der Waals surface area contributed by atoms with Crippen molar-refractivity contribution in [3.63, 3.8) is 0 Å². The van der Waals surface area contributed by atoms with E-state index >= 15 is 0 Å². The first-order valence-electron chi connectivity index (χ1n) is 9.08. The van der Waals surface area contributed by atoms with Crippen LogP contribution in [0.5, 0.6) is 0 Å². The fraction of sp³-hybridized carbons (Fsp3) is 0.300. The van der Waals surface area contributed by atoms with Crippen LogP contribution < -0.4 is 0 Å². The molecular formula is C20H22N4O2S. The number of piperidine rings is 1. The van der Waals surface area contributed by atoms with Gasteiger partial charge < -0.3 is 4.98 Å². The van der Waals surface area contributed by atoms with Crippen LogP contribution in [0, 0.1) is 6.92 Å². The standard InChI is InChI=1S/C20H22N4O2S/c1-15-20(22-14-21-15)17-10-12-24(13-11-17)27(25,26)19-9-5-8-18(23-19)16-6-3-2-4-7-16/h2-9,14,17H,10-13H2,1H3,(H,21,22). The molecule has 0 amide bonds. The van der Waals surface area contributed by atoms with E-state index in [0.717, 1.165) is 29.8 Å². The second-order valence-corrected chi connectivity index (χ2v) is 8.70. The van der Waals surface area contributed by atoms with Gasteiger partial charge in [-0.1, -0.05) is 36.4 Å². The Morgan fingerprint density at radius 1 is 1.04 bits per heavy atom. The van der Waals surface area contributed by atoms with Crippen LogP contribution in [0.2, 0.25) is 0 Å². The third-order valence-corrected chi connectivity index (χ3v) is 6.91. The van der Waals surface area contributed by atoms with Crippen LogP contribution in [-0.2, 0) is 10.0 Å². The molecule has 0 aliphatic carbocycles. The lowest BCUT2D eigenvalue weighted by Crippen LogP contribution is -2.38. The molecule has 3 heterocycles. The predicted octanol–water partition coefficient (Wildman–Crippen LogP) is 3.35. The number of hydrogen-bond donors (Lipinski definition) is 1. The molecule has 1 aliphatic heterocycles. The van der Waals surface area contributed by atoms with Gasteiger partial charge in [0, 0.05) is 30.3 Å². The number of pyridine rings is 1. The molecule has 140 valence electrons. The Bertz CT molecular complexity index is 1020. The predicted molar refractivity (Wildman–Crippen MR) is 104 cm³/mol. The largest absolute Gasteiger partial charge is 0.348 e. The van der Waals surface area contributed by atoms with Gasteiger partial charge in [0.15, 0.2) is 5.03 Å². The summed E-state index contributed by atoms with van der Waals surface area (Å²) in [6, 6.07) is 14.8. The first-order valence-corrected chi connectivity index (χ1v) is 10.5. The van der Waals surface area contributed by atoms with Gasteiger partial charge in [-0.2, -0.15) is 4.31 Å². The Morgan fingerprint density at radius 2 is 1.78 bits per heavy atom. The van der Waals surface area contributed by atoms with Gasteiger partial charge in [0.2, 0.25) is 0 Å². The highest BCUT2D eigenvalue weighted by Gasteiger charge is 2.32. The number of aryl methyl sites for hydroxylation is 1. The first-order chi connectivity index (χ1) is 13.1. The molecule has 1 saturated heterocycles. The van der Waals surface area contributed by atoms with Crippen LogP contribution in [0.1, 0.15) is 30.1 Å². The van der Waals surface area contributed by atoms with Gasteiger partial charge in [-0.25, -0.2) is 18.4 Å². The van der Waals surface area contributed by atoms with Crippen molar-refractivity contribution >= 4 is 10.0 Å². The van der Waals surface area contributed by atoms with E-state index in [1.165, 1.54) is 0 Å². The van der Waals surface area contributed by atoms with Gasteiger partial charge in [0.05, 0.1) is 17.7 Å². The normalized spacial score (nSPS) is 16.5. The molecule has 6 nitrogen and oxygen atoms in total. The van der Waals surface area contributed by atoms with Crippen molar-refractivity contribution in [3.05, 3.63) is 66.2 Å². The summed E-state index contributed by atoms with van der Waals surface area (Å²) >= 11 is 0. The molecule has 0 atom stereocenters. The molecule has 1 aliphatic rings. The van der Waals surface area contributed by atoms with Crippen LogP contribution in [0.15, 0.2) is 59.9 Å². The van der Waals surface area contributed by atoms with E-state index in [0.29, 0.717) is 24.7 Å². The number of sulfonamides is 1. The van der Waals surface area contributed by atoms with Crippen molar-refractivity contribution in [1.82, 2.24) is 19.3 Å². The second kappa shape index (κ2) is 7.25. The summed E-state index contributed by atoms with van der Waals surface area (Å²) in [6.45, 7) is 2.97. The molecular weight excluding hydrogens is 360 g/mol. The zero-order valence-electron chi connectivity index (χ0n) is 15.2. The van der Waals surface area contributed by atoms with E-state index in [1.807, 2.05) is 43.3 Å². The van der Waals surface area contributed by atoms with Gasteiger partial charge >= 0.3 is 0 Å². The van der Waals surface area contributed by atoms with Crippen molar-refractivity contribution in [2.24, 2.45) is 0 Å². The zero-order chi connectivity index (χ0) is 18.9. The lowest BCUT2D eigenvalue weighted by molar-refractivity contribution is 0.315. The molecule has 3 aromatic rings. The maximum Gasteiger partial charge on any atom is 0.260 e. The monoisotopic (exact) mass is 382 g/mol. The maximum atomic E-state index is 13.1. The molecule has 0 unspecified atom stereocenters. The fourth-order valence-electron chi connectivity index (χ4n) is 3.61. The summed E-state index contributed by atoms with van der Waals surface area (Å²) in [5.74, 6) is 0.298. The number of nitrogens with zero attached hydrogens (tertiary/aromatic N) is 3. The number of nitrogens with one attached hydrogen (secondary N) is 1. The van der Waals surface area contributed by atoms with Crippen LogP contribution in [0.4, 0.5) is 0 Å². The van der Waals surface area contributed by atoms with E-state index < -0.39 is 10.0 Å². The highest BCUT2D eigenvalue weighted by atomic mass is 32.2. The van der Waals surface area contributed by atoms with Gasteiger partial charge in [-0.3, -0.25) is 0 Å². The molecule has 7 heteroatoms. The molecule has 1 aromatic carbocycles. The minimum atomic E-state index is -3.60. The number of aromatic amines is 1. The SMILES string of the molecule is Cc1[nH]cnc1C1CCN(S(=O)(=O)c2cccc(-c3ccccc3)n2)CC1. The second-order valence-electron chi connectivity index (χ2n) is 6.82. The first kappa shape index (κ1) is 17.9. The highest BCUT2D eigenvalue weighted by Crippen LogP contribution is 2.31. The van der Waals surface area contributed by atoms with E-state index in [2.05, 4.69) is 15.0 Å². The van der Waals surface area contributed by atoms with E-state index in [4.69, 9.17) is 0 Å². The molecule has 2 aromatic heterocycles. The number of H-pyrrole nitrogens is 1. The van der Waals surface area contributed by atoms with Gasteiger partial charge in [-0.15, -0.1) is 0 Å². The number of imidazole rings is 1. The van der Waals surface area contributed by atoms with Crippen molar-refractivity contribution < 1.29 is 8.42 Å². The third-order valence-electron chi connectivity index (χ3n) is 5.11. The lowest BCUT2D eigenvalue weighted by atomic mass is 9.94. The Morgan fingerprint density at radius 3 is 2.44 bits per heavy atom. The van der Waals surface area contributed by atoms with E-state index in [-0.39, 0.29) is 5.03 Å². The Labute approximate surface area is 159 Å². The molecule has 0 radical (unpaired) electrons. The summed E-state index contributed by atoms with van der Waals surface area (Å²) in [5.41, 5.74) is 3.69. The van der Waals surface area contributed by atoms with Crippen molar-refractivity contribution in [1.29, 1.82) is 0 Å². The lowest BCUT2D eigenvalue weighted by Gasteiger charge is -2.30. The number of hydrogen-bond acceptors (Lipinski definition) is 4. The van der Waals surface area contributed by atoms with Gasteiger partial charge in [0.1, 0.15) is 0 Å². The highest BCUT2D eigenvalue weighted by molar-refractivity contribution is 7.89. The molecule has 4 rings (SSSR count). The Kier molecular flexibility index (Phi) is 4.80. The Balaban J connectivity index is 1.54. The average molecular weight is 382 g/mol. The van der Waals surface area contributed by atoms with Crippen LogP contribution in [0.25, 0.3) is 11.3 Å². The summed E-state index contributed by atoms with van der Waals surface area (Å²) in [6.07, 6.45) is 3.24. The summed E-state index contributed by atoms with van der Waals surface area (Å²) in [4.78, 5) is 11.9.